The van der Waals surface area contributed by atoms with E-state index in [9.17, 15) is 13.2 Å². The fourth-order valence-electron chi connectivity index (χ4n) is 3.35. The number of benzene rings is 1. The smallest absolute Gasteiger partial charge is 0.256 e. The van der Waals surface area contributed by atoms with Crippen molar-refractivity contribution in [3.05, 3.63) is 46.8 Å². The Bertz CT molecular complexity index is 963. The number of fused-ring (bicyclic) bond motifs is 2. The van der Waals surface area contributed by atoms with E-state index in [0.29, 0.717) is 16.8 Å². The Hall–Kier alpha value is -2.38. The third-order valence-electron chi connectivity index (χ3n) is 4.54. The molecule has 0 unspecified atom stereocenters. The molecule has 0 saturated heterocycles. The molecule has 7 heteroatoms. The van der Waals surface area contributed by atoms with E-state index in [1.807, 2.05) is 0 Å². The van der Waals surface area contributed by atoms with E-state index in [-0.39, 0.29) is 10.8 Å². The molecule has 4 rings (SSSR count). The first-order valence-electron chi connectivity index (χ1n) is 7.83. The number of carbonyl (C=O) groups is 1. The molecule has 1 amide bonds. The van der Waals surface area contributed by atoms with Crippen LogP contribution in [-0.2, 0) is 27.7 Å². The predicted molar refractivity (Wildman–Crippen MR) is 91.8 cm³/mol. The third kappa shape index (κ3) is 2.55. The Morgan fingerprint density at radius 2 is 1.92 bits per heavy atom. The summed E-state index contributed by atoms with van der Waals surface area (Å²) >= 11 is 0. The van der Waals surface area contributed by atoms with Crippen molar-refractivity contribution in [3.8, 4) is 0 Å². The highest BCUT2D eigenvalue weighted by atomic mass is 32.2. The molecule has 6 nitrogen and oxygen atoms in total. The summed E-state index contributed by atoms with van der Waals surface area (Å²) in [6.07, 6.45) is 6.20. The standard InChI is InChI=1S/C17H17N3O3S/c18-24(22,23)12-5-6-16-13(9-12)14(17(21)20-16)8-11-7-10-3-1-2-4-15(10)19-11/h5-9,19H,1-4H2,(H,20,21)(H2,18,22,23). The zero-order valence-electron chi connectivity index (χ0n) is 12.9. The molecular weight excluding hydrogens is 326 g/mol. The zero-order valence-corrected chi connectivity index (χ0v) is 13.7. The number of amides is 1. The summed E-state index contributed by atoms with van der Waals surface area (Å²) in [4.78, 5) is 15.6. The molecule has 0 atom stereocenters. The maximum absolute atomic E-state index is 12.3. The first-order valence-corrected chi connectivity index (χ1v) is 9.37. The average molecular weight is 343 g/mol. The average Bonchev–Trinajstić information content (AvgIpc) is 3.07. The number of aryl methyl sites for hydroxylation is 2. The number of hydrogen-bond acceptors (Lipinski definition) is 3. The minimum Gasteiger partial charge on any atom is -0.359 e. The molecule has 0 spiro atoms. The van der Waals surface area contributed by atoms with Crippen molar-refractivity contribution in [2.45, 2.75) is 30.6 Å². The van der Waals surface area contributed by atoms with Crippen LogP contribution in [0.4, 0.5) is 5.69 Å². The van der Waals surface area contributed by atoms with Crippen LogP contribution in [0.3, 0.4) is 0 Å². The van der Waals surface area contributed by atoms with E-state index in [1.165, 1.54) is 36.2 Å². The Labute approximate surface area is 139 Å². The Morgan fingerprint density at radius 3 is 2.67 bits per heavy atom. The Morgan fingerprint density at radius 1 is 1.12 bits per heavy atom. The van der Waals surface area contributed by atoms with Crippen molar-refractivity contribution in [2.75, 3.05) is 5.32 Å². The zero-order chi connectivity index (χ0) is 16.9. The lowest BCUT2D eigenvalue weighted by Gasteiger charge is -2.08. The summed E-state index contributed by atoms with van der Waals surface area (Å²) in [5.74, 6) is -0.246. The number of H-pyrrole nitrogens is 1. The number of rotatable bonds is 2. The SMILES string of the molecule is NS(=O)(=O)c1ccc2c(c1)C(=Cc1cc3c([nH]1)CCCC3)C(=O)N2. The molecule has 0 bridgehead atoms. The van der Waals surface area contributed by atoms with E-state index >= 15 is 0 Å². The van der Waals surface area contributed by atoms with Crippen LogP contribution in [0.25, 0.3) is 11.6 Å². The van der Waals surface area contributed by atoms with E-state index in [0.717, 1.165) is 18.5 Å². The van der Waals surface area contributed by atoms with Gasteiger partial charge >= 0.3 is 0 Å². The summed E-state index contributed by atoms with van der Waals surface area (Å²) in [5, 5.41) is 7.94. The van der Waals surface area contributed by atoms with Gasteiger partial charge in [0, 0.05) is 22.6 Å². The molecule has 4 N–H and O–H groups in total. The van der Waals surface area contributed by atoms with Gasteiger partial charge in [-0.3, -0.25) is 4.79 Å². The molecule has 0 saturated carbocycles. The number of hydrogen-bond donors (Lipinski definition) is 3. The second-order valence-electron chi connectivity index (χ2n) is 6.20. The van der Waals surface area contributed by atoms with Crippen molar-refractivity contribution in [1.82, 2.24) is 4.98 Å². The van der Waals surface area contributed by atoms with Crippen molar-refractivity contribution in [1.29, 1.82) is 0 Å². The number of aromatic nitrogens is 1. The van der Waals surface area contributed by atoms with Crippen LogP contribution < -0.4 is 10.5 Å². The van der Waals surface area contributed by atoms with E-state index in [4.69, 9.17) is 5.14 Å². The highest BCUT2D eigenvalue weighted by molar-refractivity contribution is 7.89. The fraction of sp³-hybridized carbons (Fsp3) is 0.235. The number of carbonyl (C=O) groups excluding carboxylic acids is 1. The van der Waals surface area contributed by atoms with Crippen LogP contribution in [0.15, 0.2) is 29.2 Å². The maximum Gasteiger partial charge on any atom is 0.256 e. The lowest BCUT2D eigenvalue weighted by Crippen LogP contribution is -2.12. The number of nitrogens with one attached hydrogen (secondary N) is 2. The second kappa shape index (κ2) is 5.32. The summed E-state index contributed by atoms with van der Waals surface area (Å²) in [6, 6.07) is 6.46. The number of aromatic amines is 1. The molecule has 124 valence electrons. The van der Waals surface area contributed by atoms with E-state index in [1.54, 1.807) is 12.1 Å². The molecule has 0 fully saturated rings. The van der Waals surface area contributed by atoms with Gasteiger partial charge < -0.3 is 10.3 Å². The molecule has 1 aromatic heterocycles. The normalized spacial score (nSPS) is 18.4. The lowest BCUT2D eigenvalue weighted by atomic mass is 9.98. The molecule has 1 aliphatic heterocycles. The molecule has 24 heavy (non-hydrogen) atoms. The van der Waals surface area contributed by atoms with Crippen LogP contribution >= 0.6 is 0 Å². The summed E-state index contributed by atoms with van der Waals surface area (Å²) in [5.41, 5.74) is 4.97. The highest BCUT2D eigenvalue weighted by Crippen LogP contribution is 2.35. The van der Waals surface area contributed by atoms with Gasteiger partial charge in [-0.15, -0.1) is 0 Å². The first-order chi connectivity index (χ1) is 11.4. The molecular formula is C17H17N3O3S. The topological polar surface area (TPSA) is 105 Å². The van der Waals surface area contributed by atoms with Gasteiger partial charge in [-0.25, -0.2) is 13.6 Å². The number of sulfonamides is 1. The van der Waals surface area contributed by atoms with Gasteiger partial charge in [0.1, 0.15) is 0 Å². The lowest BCUT2D eigenvalue weighted by molar-refractivity contribution is -0.110. The Kier molecular flexibility index (Phi) is 3.36. The monoisotopic (exact) mass is 343 g/mol. The third-order valence-corrected chi connectivity index (χ3v) is 5.45. The molecule has 0 radical (unpaired) electrons. The molecule has 1 aliphatic carbocycles. The highest BCUT2D eigenvalue weighted by Gasteiger charge is 2.26. The molecule has 2 aromatic rings. The van der Waals surface area contributed by atoms with Crippen molar-refractivity contribution in [2.24, 2.45) is 5.14 Å². The predicted octanol–water partition coefficient (Wildman–Crippen LogP) is 2.03. The van der Waals surface area contributed by atoms with Gasteiger partial charge in [-0.05, 0) is 61.6 Å². The van der Waals surface area contributed by atoms with Crippen LogP contribution in [-0.4, -0.2) is 19.3 Å². The van der Waals surface area contributed by atoms with Gasteiger partial charge in [0.15, 0.2) is 0 Å². The quantitative estimate of drug-likeness (QED) is 0.727. The minimum atomic E-state index is -3.81. The van der Waals surface area contributed by atoms with Crippen LogP contribution in [0.2, 0.25) is 0 Å². The summed E-state index contributed by atoms with van der Waals surface area (Å²) < 4.78 is 23.1. The summed E-state index contributed by atoms with van der Waals surface area (Å²) in [6.45, 7) is 0. The fourth-order valence-corrected chi connectivity index (χ4v) is 3.89. The largest absolute Gasteiger partial charge is 0.359 e. The maximum atomic E-state index is 12.3. The van der Waals surface area contributed by atoms with Gasteiger partial charge in [0.25, 0.3) is 5.91 Å². The Balaban J connectivity index is 1.79. The van der Waals surface area contributed by atoms with Crippen molar-refractivity contribution in [3.63, 3.8) is 0 Å². The van der Waals surface area contributed by atoms with Gasteiger partial charge in [-0.2, -0.15) is 0 Å². The number of primary sulfonamides is 1. The molecule has 2 heterocycles. The van der Waals surface area contributed by atoms with Gasteiger partial charge in [0.2, 0.25) is 10.0 Å². The van der Waals surface area contributed by atoms with E-state index in [2.05, 4.69) is 16.4 Å². The number of nitrogens with two attached hydrogens (primary N) is 1. The number of anilines is 1. The van der Waals surface area contributed by atoms with Gasteiger partial charge in [-0.1, -0.05) is 0 Å². The van der Waals surface area contributed by atoms with Crippen molar-refractivity contribution < 1.29 is 13.2 Å². The molecule has 1 aromatic carbocycles. The summed E-state index contributed by atoms with van der Waals surface area (Å²) in [7, 11) is -3.81. The van der Waals surface area contributed by atoms with E-state index < -0.39 is 10.0 Å². The van der Waals surface area contributed by atoms with Crippen LogP contribution in [0, 0.1) is 0 Å². The second-order valence-corrected chi connectivity index (χ2v) is 7.76. The van der Waals surface area contributed by atoms with Crippen LogP contribution in [0.1, 0.15) is 35.4 Å². The molecule has 2 aliphatic rings. The van der Waals surface area contributed by atoms with Crippen molar-refractivity contribution >= 4 is 33.3 Å². The minimum absolute atomic E-state index is 0.00516. The van der Waals surface area contributed by atoms with Gasteiger partial charge in [0.05, 0.1) is 10.5 Å². The van der Waals surface area contributed by atoms with Crippen LogP contribution in [0.5, 0.6) is 0 Å². The first kappa shape index (κ1) is 15.2.